The molecule has 2 rings (SSSR count). The Balaban J connectivity index is 0.00000201. The van der Waals surface area contributed by atoms with Crippen LogP contribution >= 0.6 is 0 Å². The van der Waals surface area contributed by atoms with Gasteiger partial charge in [0.25, 0.3) is 0 Å². The average Bonchev–Trinajstić information content (AvgIpc) is 2.64. The molecule has 0 radical (unpaired) electrons. The van der Waals surface area contributed by atoms with Crippen molar-refractivity contribution in [3.63, 3.8) is 0 Å². The number of nitrogens with one attached hydrogen (secondary N) is 1. The number of allylic oxidation sites excluding steroid dienone is 1. The highest BCUT2D eigenvalue weighted by Crippen LogP contribution is 2.33. The Morgan fingerprint density at radius 3 is 2.56 bits per heavy atom. The summed E-state index contributed by atoms with van der Waals surface area (Å²) >= 11 is 0. The Morgan fingerprint density at radius 2 is 1.92 bits per heavy atom. The zero-order valence-electron chi connectivity index (χ0n) is 17.0. The van der Waals surface area contributed by atoms with Gasteiger partial charge < -0.3 is 5.41 Å². The molecular formula is C24H41N. The van der Waals surface area contributed by atoms with Crippen LogP contribution in [0, 0.1) is 11.3 Å². The molecular weight excluding hydrogens is 302 g/mol. The summed E-state index contributed by atoms with van der Waals surface area (Å²) in [7, 11) is 0. The Bertz CT molecular complexity index is 529. The van der Waals surface area contributed by atoms with E-state index in [4.69, 9.17) is 5.41 Å². The molecule has 1 aromatic rings. The van der Waals surface area contributed by atoms with Gasteiger partial charge in [0.2, 0.25) is 0 Å². The molecule has 1 heteroatoms. The van der Waals surface area contributed by atoms with Crippen LogP contribution in [-0.4, -0.2) is 5.71 Å². The van der Waals surface area contributed by atoms with Crippen molar-refractivity contribution < 1.29 is 1.43 Å². The molecule has 25 heavy (non-hydrogen) atoms. The molecule has 0 aromatic heterocycles. The minimum absolute atomic E-state index is 0. The quantitative estimate of drug-likeness (QED) is 0.366. The Labute approximate surface area is 157 Å². The molecule has 1 saturated carbocycles. The summed E-state index contributed by atoms with van der Waals surface area (Å²) < 4.78 is 0. The first-order chi connectivity index (χ1) is 12.1. The lowest BCUT2D eigenvalue weighted by molar-refractivity contribution is 0.443. The third kappa shape index (κ3) is 7.59. The second kappa shape index (κ2) is 12.1. The first-order valence-corrected chi connectivity index (χ1v) is 10.4. The van der Waals surface area contributed by atoms with E-state index in [0.29, 0.717) is 5.92 Å². The normalized spacial score (nSPS) is 15.8. The first kappa shape index (κ1) is 21.7. The molecule has 0 unspecified atom stereocenters. The van der Waals surface area contributed by atoms with Gasteiger partial charge in [-0.15, -0.1) is 0 Å². The molecule has 1 aromatic carbocycles. The van der Waals surface area contributed by atoms with Crippen LogP contribution in [0.15, 0.2) is 36.4 Å². The Morgan fingerprint density at radius 1 is 1.24 bits per heavy atom. The van der Waals surface area contributed by atoms with Crippen molar-refractivity contribution in [2.45, 2.75) is 91.4 Å². The zero-order valence-corrected chi connectivity index (χ0v) is 17.0. The van der Waals surface area contributed by atoms with Crippen molar-refractivity contribution >= 4 is 5.71 Å². The smallest absolute Gasteiger partial charge is 0.0158 e. The van der Waals surface area contributed by atoms with Crippen molar-refractivity contribution in [1.82, 2.24) is 0 Å². The lowest BCUT2D eigenvalue weighted by Gasteiger charge is -2.22. The van der Waals surface area contributed by atoms with E-state index in [1.807, 2.05) is 13.8 Å². The van der Waals surface area contributed by atoms with Crippen molar-refractivity contribution in [2.24, 2.45) is 5.92 Å². The summed E-state index contributed by atoms with van der Waals surface area (Å²) in [6.07, 6.45) is 10.8. The summed E-state index contributed by atoms with van der Waals surface area (Å²) in [5.74, 6) is 1.16. The molecule has 0 aliphatic heterocycles. The molecule has 1 atom stereocenters. The summed E-state index contributed by atoms with van der Waals surface area (Å²) in [6, 6.07) is 9.11. The summed E-state index contributed by atoms with van der Waals surface area (Å²) in [6.45, 7) is 12.6. The number of hydrogen-bond acceptors (Lipinski definition) is 1. The highest BCUT2D eigenvalue weighted by atomic mass is 14.4. The van der Waals surface area contributed by atoms with Crippen molar-refractivity contribution in [2.75, 3.05) is 0 Å². The second-order valence-electron chi connectivity index (χ2n) is 7.40. The molecule has 1 nitrogen and oxygen atoms in total. The monoisotopic (exact) mass is 343 g/mol. The van der Waals surface area contributed by atoms with Crippen LogP contribution in [0.3, 0.4) is 0 Å². The number of benzene rings is 1. The van der Waals surface area contributed by atoms with Crippen LogP contribution in [0.4, 0.5) is 0 Å². The fourth-order valence-electron chi connectivity index (χ4n) is 3.79. The average molecular weight is 344 g/mol. The fraction of sp³-hybridized carbons (Fsp3) is 0.625. The highest BCUT2D eigenvalue weighted by Gasteiger charge is 2.16. The van der Waals surface area contributed by atoms with Gasteiger partial charge in [-0.3, -0.25) is 0 Å². The third-order valence-corrected chi connectivity index (χ3v) is 5.24. The predicted molar refractivity (Wildman–Crippen MR) is 115 cm³/mol. The maximum absolute atomic E-state index is 8.24. The van der Waals surface area contributed by atoms with E-state index in [-0.39, 0.29) is 1.43 Å². The standard InChI is InChI=1S/C22H33N.C2H6.H2/c1-4-9-18(3)22(23)15-17(2)14-19-10-8-13-21(16-19)20-11-6-5-7-12-20;1-2;/h8,10,13,16,18,20,23H,2,4-7,9,11-12,14-15H2,1,3H3;1-2H3;1H/t18-;;/m0../s1. The van der Waals surface area contributed by atoms with Crippen LogP contribution in [0.5, 0.6) is 0 Å². The van der Waals surface area contributed by atoms with Crippen LogP contribution in [-0.2, 0) is 6.42 Å². The largest absolute Gasteiger partial charge is 0.309 e. The highest BCUT2D eigenvalue weighted by molar-refractivity contribution is 5.85. The van der Waals surface area contributed by atoms with E-state index < -0.39 is 0 Å². The van der Waals surface area contributed by atoms with Crippen molar-refractivity contribution in [1.29, 1.82) is 5.41 Å². The van der Waals surface area contributed by atoms with Gasteiger partial charge in [-0.1, -0.05) is 89.8 Å². The van der Waals surface area contributed by atoms with E-state index in [1.54, 1.807) is 0 Å². The van der Waals surface area contributed by atoms with E-state index in [2.05, 4.69) is 44.7 Å². The van der Waals surface area contributed by atoms with Gasteiger partial charge >= 0.3 is 0 Å². The molecule has 0 amide bonds. The SMILES string of the molecule is C=C(CC(=N)[C@@H](C)CCC)Cc1cccc(C2CCCCC2)c1.CC.[HH]. The molecule has 142 valence electrons. The van der Waals surface area contributed by atoms with Gasteiger partial charge in [0.1, 0.15) is 0 Å². The van der Waals surface area contributed by atoms with Gasteiger partial charge in [-0.25, -0.2) is 0 Å². The molecule has 0 heterocycles. The summed E-state index contributed by atoms with van der Waals surface area (Å²) in [5, 5.41) is 8.24. The van der Waals surface area contributed by atoms with Crippen molar-refractivity contribution in [3.8, 4) is 0 Å². The lowest BCUT2D eigenvalue weighted by atomic mass is 9.83. The fourth-order valence-corrected chi connectivity index (χ4v) is 3.79. The summed E-state index contributed by atoms with van der Waals surface area (Å²) in [5.41, 5.74) is 4.91. The topological polar surface area (TPSA) is 23.9 Å². The molecule has 1 N–H and O–H groups in total. The van der Waals surface area contributed by atoms with Gasteiger partial charge in [0.15, 0.2) is 0 Å². The van der Waals surface area contributed by atoms with E-state index in [9.17, 15) is 0 Å². The minimum atomic E-state index is 0. The number of rotatable bonds is 8. The van der Waals surface area contributed by atoms with Crippen LogP contribution < -0.4 is 0 Å². The molecule has 0 saturated heterocycles. The van der Waals surface area contributed by atoms with Gasteiger partial charge in [-0.2, -0.15) is 0 Å². The summed E-state index contributed by atoms with van der Waals surface area (Å²) in [4.78, 5) is 0. The van der Waals surface area contributed by atoms with E-state index in [1.165, 1.54) is 48.8 Å². The maximum atomic E-state index is 8.24. The lowest BCUT2D eigenvalue weighted by Crippen LogP contribution is -2.11. The third-order valence-electron chi connectivity index (χ3n) is 5.24. The molecule has 1 fully saturated rings. The molecule has 1 aliphatic rings. The second-order valence-corrected chi connectivity index (χ2v) is 7.40. The molecule has 1 aliphatic carbocycles. The van der Waals surface area contributed by atoms with Crippen molar-refractivity contribution in [3.05, 3.63) is 47.5 Å². The molecule has 0 bridgehead atoms. The van der Waals surface area contributed by atoms with Gasteiger partial charge in [-0.05, 0) is 48.6 Å². The predicted octanol–water partition coefficient (Wildman–Crippen LogP) is 7.95. The Kier molecular flexibility index (Phi) is 10.5. The first-order valence-electron chi connectivity index (χ1n) is 10.4. The minimum Gasteiger partial charge on any atom is -0.309 e. The van der Waals surface area contributed by atoms with E-state index in [0.717, 1.165) is 37.3 Å². The van der Waals surface area contributed by atoms with Gasteiger partial charge in [0.05, 0.1) is 0 Å². The molecule has 0 spiro atoms. The van der Waals surface area contributed by atoms with Gasteiger partial charge in [0, 0.05) is 13.6 Å². The van der Waals surface area contributed by atoms with Crippen LogP contribution in [0.2, 0.25) is 0 Å². The number of hydrogen-bond donors (Lipinski definition) is 1. The van der Waals surface area contributed by atoms with E-state index >= 15 is 0 Å². The zero-order chi connectivity index (χ0) is 18.7. The van der Waals surface area contributed by atoms with Crippen LogP contribution in [0.25, 0.3) is 0 Å². The maximum Gasteiger partial charge on any atom is 0.0158 e. The van der Waals surface area contributed by atoms with Crippen LogP contribution in [0.1, 0.15) is 97.5 Å². The Hall–Kier alpha value is -1.37.